The largest absolute Gasteiger partial charge is 0.361 e. The summed E-state index contributed by atoms with van der Waals surface area (Å²) in [4.78, 5) is 0. The Morgan fingerprint density at radius 1 is 1.43 bits per heavy atom. The minimum atomic E-state index is 0.579. The van der Waals surface area contributed by atoms with Crippen molar-refractivity contribution in [3.05, 3.63) is 23.0 Å². The van der Waals surface area contributed by atoms with Crippen molar-refractivity contribution in [2.75, 3.05) is 6.54 Å². The van der Waals surface area contributed by atoms with E-state index in [1.54, 1.807) is 0 Å². The standard InChI is InChI=1S/C16H28N4S/c1-6-7-8-17-16(21)19-18-10-15-9-13(4)20(14(15)5)11-12(2)3/h9-10,12H,6-8,11H2,1-5H3,(H2,17,19,21)/b18-10+. The van der Waals surface area contributed by atoms with Crippen molar-refractivity contribution in [1.82, 2.24) is 15.3 Å². The van der Waals surface area contributed by atoms with Gasteiger partial charge in [0.1, 0.15) is 0 Å². The van der Waals surface area contributed by atoms with Crippen LogP contribution in [0.15, 0.2) is 11.2 Å². The number of aromatic nitrogens is 1. The molecule has 0 fully saturated rings. The van der Waals surface area contributed by atoms with E-state index in [1.807, 2.05) is 6.21 Å². The molecule has 0 aliphatic rings. The molecule has 0 aliphatic carbocycles. The second kappa shape index (κ2) is 8.82. The molecule has 118 valence electrons. The van der Waals surface area contributed by atoms with Crippen molar-refractivity contribution in [3.63, 3.8) is 0 Å². The van der Waals surface area contributed by atoms with E-state index in [-0.39, 0.29) is 0 Å². The quantitative estimate of drug-likeness (QED) is 0.351. The molecule has 1 rings (SSSR count). The predicted molar refractivity (Wildman–Crippen MR) is 95.0 cm³/mol. The molecule has 1 aromatic rings. The van der Waals surface area contributed by atoms with Crippen molar-refractivity contribution in [2.24, 2.45) is 11.0 Å². The van der Waals surface area contributed by atoms with Crippen LogP contribution in [0.5, 0.6) is 0 Å². The van der Waals surface area contributed by atoms with Crippen molar-refractivity contribution < 1.29 is 0 Å². The van der Waals surface area contributed by atoms with Crippen molar-refractivity contribution >= 4 is 23.5 Å². The van der Waals surface area contributed by atoms with Crippen LogP contribution in [0.25, 0.3) is 0 Å². The van der Waals surface area contributed by atoms with Gasteiger partial charge in [-0.15, -0.1) is 0 Å². The first-order chi connectivity index (χ1) is 9.95. The lowest BCUT2D eigenvalue weighted by Gasteiger charge is -2.11. The Morgan fingerprint density at radius 3 is 2.76 bits per heavy atom. The van der Waals surface area contributed by atoms with Crippen LogP contribution in [0, 0.1) is 19.8 Å². The molecule has 1 aromatic heterocycles. The van der Waals surface area contributed by atoms with Gasteiger partial charge < -0.3 is 9.88 Å². The fourth-order valence-electron chi connectivity index (χ4n) is 2.18. The summed E-state index contributed by atoms with van der Waals surface area (Å²) in [5, 5.41) is 7.93. The molecule has 5 heteroatoms. The first kappa shape index (κ1) is 17.7. The number of aryl methyl sites for hydroxylation is 1. The van der Waals surface area contributed by atoms with Gasteiger partial charge >= 0.3 is 0 Å². The lowest BCUT2D eigenvalue weighted by atomic mass is 10.2. The third-order valence-electron chi connectivity index (χ3n) is 3.35. The second-order valence-electron chi connectivity index (χ2n) is 5.81. The molecule has 0 amide bonds. The zero-order chi connectivity index (χ0) is 15.8. The second-order valence-corrected chi connectivity index (χ2v) is 6.22. The van der Waals surface area contributed by atoms with Crippen LogP contribution >= 0.6 is 12.2 Å². The van der Waals surface area contributed by atoms with Crippen LogP contribution in [0.4, 0.5) is 0 Å². The Kier molecular flexibility index (Phi) is 7.43. The van der Waals surface area contributed by atoms with Gasteiger partial charge in [-0.05, 0) is 44.5 Å². The molecule has 0 spiro atoms. The maximum Gasteiger partial charge on any atom is 0.186 e. The molecule has 0 saturated heterocycles. The molecule has 0 atom stereocenters. The lowest BCUT2D eigenvalue weighted by Crippen LogP contribution is -2.32. The van der Waals surface area contributed by atoms with Crippen LogP contribution in [0.3, 0.4) is 0 Å². The van der Waals surface area contributed by atoms with Crippen molar-refractivity contribution in [3.8, 4) is 0 Å². The van der Waals surface area contributed by atoms with Crippen molar-refractivity contribution in [2.45, 2.75) is 54.0 Å². The van der Waals surface area contributed by atoms with Crippen LogP contribution in [0.2, 0.25) is 0 Å². The molecule has 0 bridgehead atoms. The first-order valence-corrected chi connectivity index (χ1v) is 8.10. The van der Waals surface area contributed by atoms with Gasteiger partial charge in [-0.25, -0.2) is 0 Å². The first-order valence-electron chi connectivity index (χ1n) is 7.69. The normalized spacial score (nSPS) is 11.3. The minimum Gasteiger partial charge on any atom is -0.361 e. The zero-order valence-electron chi connectivity index (χ0n) is 13.9. The van der Waals surface area contributed by atoms with Crippen LogP contribution in [0.1, 0.15) is 50.6 Å². The van der Waals surface area contributed by atoms with E-state index >= 15 is 0 Å². The third-order valence-corrected chi connectivity index (χ3v) is 3.58. The van der Waals surface area contributed by atoms with E-state index in [9.17, 15) is 0 Å². The maximum absolute atomic E-state index is 5.16. The predicted octanol–water partition coefficient (Wildman–Crippen LogP) is 3.36. The topological polar surface area (TPSA) is 41.4 Å². The molecule has 1 heterocycles. The van der Waals surface area contributed by atoms with Crippen LogP contribution in [-0.4, -0.2) is 22.4 Å². The smallest absolute Gasteiger partial charge is 0.186 e. The number of hydrogen-bond donors (Lipinski definition) is 2. The number of nitrogens with one attached hydrogen (secondary N) is 2. The van der Waals surface area contributed by atoms with Gasteiger partial charge in [0, 0.05) is 30.0 Å². The summed E-state index contributed by atoms with van der Waals surface area (Å²) >= 11 is 5.16. The fourth-order valence-corrected chi connectivity index (χ4v) is 2.34. The molecular weight excluding hydrogens is 280 g/mol. The van der Waals surface area contributed by atoms with E-state index < -0.39 is 0 Å². The summed E-state index contributed by atoms with van der Waals surface area (Å²) in [6.07, 6.45) is 4.11. The lowest BCUT2D eigenvalue weighted by molar-refractivity contribution is 0.509. The molecule has 0 radical (unpaired) electrons. The molecule has 0 aromatic carbocycles. The van der Waals surface area contributed by atoms with E-state index in [0.717, 1.165) is 31.5 Å². The van der Waals surface area contributed by atoms with Crippen LogP contribution < -0.4 is 10.7 Å². The molecule has 0 aliphatic heterocycles. The van der Waals surface area contributed by atoms with Gasteiger partial charge in [-0.2, -0.15) is 5.10 Å². The number of hydrazone groups is 1. The number of unbranched alkanes of at least 4 members (excludes halogenated alkanes) is 1. The highest BCUT2D eigenvalue weighted by molar-refractivity contribution is 7.80. The summed E-state index contributed by atoms with van der Waals surface area (Å²) in [5.74, 6) is 0.632. The Balaban J connectivity index is 2.58. The third kappa shape index (κ3) is 5.87. The number of rotatable bonds is 7. The van der Waals surface area contributed by atoms with Gasteiger partial charge in [-0.3, -0.25) is 5.43 Å². The van der Waals surface area contributed by atoms with E-state index in [0.29, 0.717) is 11.0 Å². The molecule has 4 nitrogen and oxygen atoms in total. The Labute approximate surface area is 134 Å². The molecule has 0 unspecified atom stereocenters. The highest BCUT2D eigenvalue weighted by Gasteiger charge is 2.08. The number of nitrogens with zero attached hydrogens (tertiary/aromatic N) is 2. The Bertz CT molecular complexity index is 489. The average molecular weight is 308 g/mol. The molecule has 0 saturated carbocycles. The average Bonchev–Trinajstić information content (AvgIpc) is 2.66. The number of hydrogen-bond acceptors (Lipinski definition) is 2. The summed E-state index contributed by atoms with van der Waals surface area (Å²) < 4.78 is 2.34. The zero-order valence-corrected chi connectivity index (χ0v) is 14.7. The molecule has 21 heavy (non-hydrogen) atoms. The van der Waals surface area contributed by atoms with Gasteiger partial charge in [0.25, 0.3) is 0 Å². The van der Waals surface area contributed by atoms with E-state index in [1.165, 1.54) is 11.4 Å². The highest BCUT2D eigenvalue weighted by atomic mass is 32.1. The Morgan fingerprint density at radius 2 is 2.14 bits per heavy atom. The summed E-state index contributed by atoms with van der Waals surface area (Å²) in [7, 11) is 0. The van der Waals surface area contributed by atoms with Crippen LogP contribution in [-0.2, 0) is 6.54 Å². The summed E-state index contributed by atoms with van der Waals surface area (Å²) in [6, 6.07) is 2.16. The highest BCUT2D eigenvalue weighted by Crippen LogP contribution is 2.15. The molecule has 2 N–H and O–H groups in total. The maximum atomic E-state index is 5.16. The fraction of sp³-hybridized carbons (Fsp3) is 0.625. The summed E-state index contributed by atoms with van der Waals surface area (Å²) in [5.41, 5.74) is 6.52. The molecular formula is C16H28N4S. The van der Waals surface area contributed by atoms with Gasteiger partial charge in [-0.1, -0.05) is 27.2 Å². The SMILES string of the molecule is CCCCNC(=S)N/N=C/c1cc(C)n(CC(C)C)c1C. The monoisotopic (exact) mass is 308 g/mol. The van der Waals surface area contributed by atoms with Gasteiger partial charge in [0.05, 0.1) is 6.21 Å². The van der Waals surface area contributed by atoms with Gasteiger partial charge in [0.15, 0.2) is 5.11 Å². The van der Waals surface area contributed by atoms with E-state index in [2.05, 4.69) is 61.1 Å². The van der Waals surface area contributed by atoms with Gasteiger partial charge in [0.2, 0.25) is 0 Å². The van der Waals surface area contributed by atoms with E-state index in [4.69, 9.17) is 12.2 Å². The Hall–Kier alpha value is -1.36. The van der Waals surface area contributed by atoms with Crippen molar-refractivity contribution in [1.29, 1.82) is 0 Å². The number of thiocarbonyl (C=S) groups is 1. The minimum absolute atomic E-state index is 0.579. The summed E-state index contributed by atoms with van der Waals surface area (Å²) in [6.45, 7) is 12.8.